The third-order valence-corrected chi connectivity index (χ3v) is 5.11. The number of rotatable bonds is 8. The second kappa shape index (κ2) is 11.1. The lowest BCUT2D eigenvalue weighted by Gasteiger charge is -2.33. The van der Waals surface area contributed by atoms with E-state index in [0.717, 1.165) is 12.5 Å². The van der Waals surface area contributed by atoms with Crippen molar-refractivity contribution >= 4 is 11.6 Å². The van der Waals surface area contributed by atoms with Crippen molar-refractivity contribution in [1.29, 1.82) is 0 Å². The highest BCUT2D eigenvalue weighted by atomic mass is 15.2. The largest absolute Gasteiger partial charge is 0.380 e. The van der Waals surface area contributed by atoms with Gasteiger partial charge in [-0.1, -0.05) is 39.0 Å². The Morgan fingerprint density at radius 3 is 2.46 bits per heavy atom. The number of nitrogens with zero attached hydrogens (tertiary/aromatic N) is 2. The van der Waals surface area contributed by atoms with E-state index in [0.29, 0.717) is 18.0 Å². The maximum absolute atomic E-state index is 4.43. The Morgan fingerprint density at radius 1 is 1.19 bits per heavy atom. The van der Waals surface area contributed by atoms with E-state index in [9.17, 15) is 0 Å². The van der Waals surface area contributed by atoms with Crippen molar-refractivity contribution < 1.29 is 0 Å². The van der Waals surface area contributed by atoms with Gasteiger partial charge in [-0.3, -0.25) is 4.99 Å². The van der Waals surface area contributed by atoms with Crippen molar-refractivity contribution in [2.24, 2.45) is 10.9 Å². The molecule has 5 nitrogen and oxygen atoms in total. The number of hydrogen-bond donors (Lipinski definition) is 3. The van der Waals surface area contributed by atoms with Gasteiger partial charge in [0.15, 0.2) is 5.96 Å². The van der Waals surface area contributed by atoms with Crippen molar-refractivity contribution in [2.75, 3.05) is 38.5 Å². The number of guanidine groups is 1. The second-order valence-corrected chi connectivity index (χ2v) is 7.57. The van der Waals surface area contributed by atoms with Crippen LogP contribution in [0, 0.1) is 5.92 Å². The number of para-hydroxylation sites is 1. The molecule has 0 aromatic heterocycles. The molecular formula is C21H37N5. The molecular weight excluding hydrogens is 322 g/mol. The number of benzene rings is 1. The predicted octanol–water partition coefficient (Wildman–Crippen LogP) is 3.16. The Kier molecular flexibility index (Phi) is 8.75. The van der Waals surface area contributed by atoms with E-state index in [2.05, 4.69) is 70.9 Å². The molecule has 5 heteroatoms. The Morgan fingerprint density at radius 2 is 1.88 bits per heavy atom. The summed E-state index contributed by atoms with van der Waals surface area (Å²) in [6, 6.07) is 11.3. The molecule has 26 heavy (non-hydrogen) atoms. The summed E-state index contributed by atoms with van der Waals surface area (Å²) in [6.45, 7) is 11.2. The summed E-state index contributed by atoms with van der Waals surface area (Å²) in [6.07, 6.45) is 3.62. The molecule has 0 aliphatic carbocycles. The molecule has 0 saturated carbocycles. The Hall–Kier alpha value is -1.75. The van der Waals surface area contributed by atoms with Gasteiger partial charge >= 0.3 is 0 Å². The van der Waals surface area contributed by atoms with Gasteiger partial charge in [0.05, 0.1) is 0 Å². The molecule has 0 bridgehead atoms. The quantitative estimate of drug-likeness (QED) is 0.493. The molecule has 1 atom stereocenters. The van der Waals surface area contributed by atoms with Gasteiger partial charge in [-0.2, -0.15) is 0 Å². The number of anilines is 1. The molecule has 3 N–H and O–H groups in total. The number of aliphatic imine (C=N–C) groups is 1. The summed E-state index contributed by atoms with van der Waals surface area (Å²) in [4.78, 5) is 6.99. The summed E-state index contributed by atoms with van der Waals surface area (Å²) >= 11 is 0. The van der Waals surface area contributed by atoms with Crippen LogP contribution in [0.3, 0.4) is 0 Å². The maximum atomic E-state index is 4.43. The van der Waals surface area contributed by atoms with Crippen LogP contribution >= 0.6 is 0 Å². The summed E-state index contributed by atoms with van der Waals surface area (Å²) < 4.78 is 0. The molecule has 1 unspecified atom stereocenters. The first-order valence-electron chi connectivity index (χ1n) is 10.1. The topological polar surface area (TPSA) is 51.7 Å². The summed E-state index contributed by atoms with van der Waals surface area (Å²) in [5.74, 6) is 1.44. The van der Waals surface area contributed by atoms with Crippen molar-refractivity contribution in [2.45, 2.75) is 52.1 Å². The van der Waals surface area contributed by atoms with Crippen LogP contribution in [0.15, 0.2) is 35.3 Å². The molecule has 0 radical (unpaired) electrons. The zero-order valence-electron chi connectivity index (χ0n) is 17.0. The van der Waals surface area contributed by atoms with Crippen LogP contribution in [0.1, 0.15) is 40.0 Å². The minimum atomic E-state index is 0.349. The normalized spacial score (nSPS) is 18.0. The van der Waals surface area contributed by atoms with Crippen LogP contribution in [0.25, 0.3) is 0 Å². The average molecular weight is 360 g/mol. The number of likely N-dealkylation sites (tertiary alicyclic amines) is 1. The lowest BCUT2D eigenvalue weighted by molar-refractivity contribution is 0.206. The van der Waals surface area contributed by atoms with Crippen molar-refractivity contribution in [3.63, 3.8) is 0 Å². The fourth-order valence-electron chi connectivity index (χ4n) is 3.41. The Bertz CT molecular complexity index is 520. The summed E-state index contributed by atoms with van der Waals surface area (Å²) in [5.41, 5.74) is 1.17. The minimum absolute atomic E-state index is 0.349. The van der Waals surface area contributed by atoms with E-state index in [1.54, 1.807) is 0 Å². The van der Waals surface area contributed by atoms with Crippen LogP contribution in [0.5, 0.6) is 0 Å². The molecule has 1 fully saturated rings. The van der Waals surface area contributed by atoms with Gasteiger partial charge in [-0.25, -0.2) is 0 Å². The molecule has 1 saturated heterocycles. The van der Waals surface area contributed by atoms with E-state index in [-0.39, 0.29) is 0 Å². The van der Waals surface area contributed by atoms with Gasteiger partial charge in [-0.05, 0) is 43.9 Å². The average Bonchev–Trinajstić information content (AvgIpc) is 2.66. The van der Waals surface area contributed by atoms with Crippen LogP contribution in [-0.2, 0) is 0 Å². The van der Waals surface area contributed by atoms with E-state index < -0.39 is 0 Å². The molecule has 146 valence electrons. The standard InChI is InChI=1S/C21H37N5/c1-5-13-26-14-11-19(12-15-26)25-21(22-4)23-16-20(17(2)3)24-18-9-7-6-8-10-18/h6-10,17,19-20,24H,5,11-16H2,1-4H3,(H2,22,23,25). The van der Waals surface area contributed by atoms with Gasteiger partial charge < -0.3 is 20.9 Å². The first kappa shape index (κ1) is 20.6. The van der Waals surface area contributed by atoms with E-state index >= 15 is 0 Å². The van der Waals surface area contributed by atoms with Gasteiger partial charge in [-0.15, -0.1) is 0 Å². The third kappa shape index (κ3) is 6.87. The molecule has 0 spiro atoms. The highest BCUT2D eigenvalue weighted by molar-refractivity contribution is 5.80. The zero-order chi connectivity index (χ0) is 18.8. The summed E-state index contributed by atoms with van der Waals surface area (Å²) in [7, 11) is 1.86. The van der Waals surface area contributed by atoms with Crippen LogP contribution < -0.4 is 16.0 Å². The summed E-state index contributed by atoms with van der Waals surface area (Å²) in [5, 5.41) is 10.8. The lowest BCUT2D eigenvalue weighted by atomic mass is 10.0. The van der Waals surface area contributed by atoms with E-state index in [1.165, 1.54) is 44.6 Å². The molecule has 0 amide bonds. The first-order chi connectivity index (χ1) is 12.6. The van der Waals surface area contributed by atoms with Gasteiger partial charge in [0.25, 0.3) is 0 Å². The molecule has 1 aromatic rings. The highest BCUT2D eigenvalue weighted by Crippen LogP contribution is 2.12. The van der Waals surface area contributed by atoms with E-state index in [4.69, 9.17) is 0 Å². The van der Waals surface area contributed by atoms with Crippen LogP contribution in [0.4, 0.5) is 5.69 Å². The van der Waals surface area contributed by atoms with Gasteiger partial charge in [0.2, 0.25) is 0 Å². The van der Waals surface area contributed by atoms with E-state index in [1.807, 2.05) is 13.1 Å². The second-order valence-electron chi connectivity index (χ2n) is 7.57. The number of hydrogen-bond acceptors (Lipinski definition) is 3. The lowest BCUT2D eigenvalue weighted by Crippen LogP contribution is -2.51. The van der Waals surface area contributed by atoms with Crippen molar-refractivity contribution in [3.05, 3.63) is 30.3 Å². The van der Waals surface area contributed by atoms with Crippen molar-refractivity contribution in [1.82, 2.24) is 15.5 Å². The highest BCUT2D eigenvalue weighted by Gasteiger charge is 2.20. The SMILES string of the molecule is CCCN1CCC(NC(=NC)NCC(Nc2ccccc2)C(C)C)CC1. The number of nitrogens with one attached hydrogen (secondary N) is 3. The van der Waals surface area contributed by atoms with Crippen LogP contribution in [-0.4, -0.2) is 56.2 Å². The van der Waals surface area contributed by atoms with Crippen LogP contribution in [0.2, 0.25) is 0 Å². The monoisotopic (exact) mass is 359 g/mol. The Labute approximate surface area is 159 Å². The van der Waals surface area contributed by atoms with Gasteiger partial charge in [0.1, 0.15) is 0 Å². The smallest absolute Gasteiger partial charge is 0.191 e. The predicted molar refractivity (Wildman–Crippen MR) is 113 cm³/mol. The minimum Gasteiger partial charge on any atom is -0.380 e. The maximum Gasteiger partial charge on any atom is 0.191 e. The molecule has 2 rings (SSSR count). The first-order valence-corrected chi connectivity index (χ1v) is 10.1. The molecule has 1 aliphatic rings. The fraction of sp³-hybridized carbons (Fsp3) is 0.667. The van der Waals surface area contributed by atoms with Gasteiger partial charge in [0, 0.05) is 44.5 Å². The zero-order valence-corrected chi connectivity index (χ0v) is 17.0. The third-order valence-electron chi connectivity index (χ3n) is 5.11. The molecule has 1 aromatic carbocycles. The Balaban J connectivity index is 1.79. The molecule has 1 aliphatic heterocycles. The fourth-order valence-corrected chi connectivity index (χ4v) is 3.41. The van der Waals surface area contributed by atoms with Crippen molar-refractivity contribution in [3.8, 4) is 0 Å². The number of piperidine rings is 1. The molecule has 1 heterocycles.